The van der Waals surface area contributed by atoms with Crippen LogP contribution < -0.4 is 4.90 Å². The lowest BCUT2D eigenvalue weighted by atomic mass is 10.3. The van der Waals surface area contributed by atoms with Crippen molar-refractivity contribution in [1.29, 1.82) is 0 Å². The molecular formula is C17H26N6O2. The highest BCUT2D eigenvalue weighted by molar-refractivity contribution is 5.39. The third-order valence-electron chi connectivity index (χ3n) is 4.42. The Morgan fingerprint density at radius 2 is 2.00 bits per heavy atom. The molecule has 2 aromatic rings. The molecule has 8 heteroatoms. The van der Waals surface area contributed by atoms with Gasteiger partial charge in [-0.3, -0.25) is 4.90 Å². The maximum absolute atomic E-state index is 5.36. The lowest BCUT2D eigenvalue weighted by Gasteiger charge is -2.22. The second-order valence-electron chi connectivity index (χ2n) is 6.46. The van der Waals surface area contributed by atoms with Crippen molar-refractivity contribution < 1.29 is 9.26 Å². The van der Waals surface area contributed by atoms with E-state index in [1.54, 1.807) is 7.11 Å². The van der Waals surface area contributed by atoms with Gasteiger partial charge in [0.25, 0.3) is 0 Å². The quantitative estimate of drug-likeness (QED) is 0.812. The molecule has 1 aliphatic rings. The summed E-state index contributed by atoms with van der Waals surface area (Å²) in [6, 6.07) is 2.05. The third kappa shape index (κ3) is 4.52. The Balaban J connectivity index is 1.60. The van der Waals surface area contributed by atoms with Crippen LogP contribution in [0.15, 0.2) is 10.6 Å². The first-order valence-corrected chi connectivity index (χ1v) is 8.70. The number of nitrogens with zero attached hydrogens (tertiary/aromatic N) is 6. The van der Waals surface area contributed by atoms with Gasteiger partial charge in [0, 0.05) is 45.0 Å². The number of rotatable bonds is 5. The lowest BCUT2D eigenvalue weighted by molar-refractivity contribution is 0.109. The summed E-state index contributed by atoms with van der Waals surface area (Å²) in [7, 11) is 1.64. The molecule has 1 aliphatic heterocycles. The van der Waals surface area contributed by atoms with E-state index in [2.05, 4.69) is 36.0 Å². The molecule has 0 saturated carbocycles. The Hall–Kier alpha value is -2.06. The van der Waals surface area contributed by atoms with Crippen LogP contribution in [0.2, 0.25) is 0 Å². The Kier molecular flexibility index (Phi) is 5.60. The van der Waals surface area contributed by atoms with Crippen molar-refractivity contribution in [1.82, 2.24) is 25.0 Å². The highest BCUT2D eigenvalue weighted by Gasteiger charge is 2.20. The van der Waals surface area contributed by atoms with Gasteiger partial charge in [0.05, 0.1) is 6.54 Å². The van der Waals surface area contributed by atoms with Crippen LogP contribution in [-0.2, 0) is 11.3 Å². The summed E-state index contributed by atoms with van der Waals surface area (Å²) in [6.07, 6.45) is 0.916. The fourth-order valence-electron chi connectivity index (χ4n) is 3.01. The topological polar surface area (TPSA) is 80.4 Å². The van der Waals surface area contributed by atoms with Gasteiger partial charge in [0.1, 0.15) is 17.7 Å². The molecular weight excluding hydrogens is 320 g/mol. The van der Waals surface area contributed by atoms with E-state index in [1.165, 1.54) is 0 Å². The summed E-state index contributed by atoms with van der Waals surface area (Å²) >= 11 is 0. The summed E-state index contributed by atoms with van der Waals surface area (Å²) in [4.78, 5) is 18.0. The van der Waals surface area contributed by atoms with Gasteiger partial charge in [0.15, 0.2) is 5.82 Å². The predicted molar refractivity (Wildman–Crippen MR) is 93.3 cm³/mol. The molecule has 3 rings (SSSR count). The number of anilines is 1. The molecule has 25 heavy (non-hydrogen) atoms. The second kappa shape index (κ2) is 7.88. The van der Waals surface area contributed by atoms with Crippen LogP contribution in [0.1, 0.15) is 42.7 Å². The SMILES string of the molecule is CO[C@@H](C)c1noc(CN2CCCN(c3cc(C)nc(C)n3)CC2)n1. The van der Waals surface area contributed by atoms with E-state index in [4.69, 9.17) is 9.26 Å². The minimum atomic E-state index is -0.152. The molecule has 1 atom stereocenters. The van der Waals surface area contributed by atoms with E-state index in [0.717, 1.165) is 49.9 Å². The number of methoxy groups -OCH3 is 1. The number of ether oxygens (including phenoxy) is 1. The van der Waals surface area contributed by atoms with E-state index in [1.807, 2.05) is 20.8 Å². The van der Waals surface area contributed by atoms with Gasteiger partial charge < -0.3 is 14.2 Å². The fourth-order valence-corrected chi connectivity index (χ4v) is 3.01. The van der Waals surface area contributed by atoms with Gasteiger partial charge in [-0.05, 0) is 27.2 Å². The van der Waals surface area contributed by atoms with Crippen LogP contribution in [-0.4, -0.2) is 58.3 Å². The highest BCUT2D eigenvalue weighted by Crippen LogP contribution is 2.17. The summed E-state index contributed by atoms with van der Waals surface area (Å²) in [5.74, 6) is 3.07. The Labute approximate surface area is 148 Å². The molecule has 8 nitrogen and oxygen atoms in total. The maximum atomic E-state index is 5.36. The Morgan fingerprint density at radius 1 is 1.16 bits per heavy atom. The summed E-state index contributed by atoms with van der Waals surface area (Å²) in [5.41, 5.74) is 1.01. The highest BCUT2D eigenvalue weighted by atomic mass is 16.5. The smallest absolute Gasteiger partial charge is 0.240 e. The van der Waals surface area contributed by atoms with Crippen molar-refractivity contribution in [2.24, 2.45) is 0 Å². The molecule has 2 aromatic heterocycles. The molecule has 0 aromatic carbocycles. The number of aromatic nitrogens is 4. The standard InChI is InChI=1S/C17H26N6O2/c1-12-10-15(19-14(3)18-12)23-7-5-6-22(8-9-23)11-16-20-17(21-25-16)13(2)24-4/h10,13H,5-9,11H2,1-4H3/t13-/m0/s1. The zero-order valence-corrected chi connectivity index (χ0v) is 15.4. The van der Waals surface area contributed by atoms with Crippen molar-refractivity contribution in [3.05, 3.63) is 29.3 Å². The third-order valence-corrected chi connectivity index (χ3v) is 4.42. The minimum absolute atomic E-state index is 0.152. The van der Waals surface area contributed by atoms with Crippen molar-refractivity contribution in [3.8, 4) is 0 Å². The summed E-state index contributed by atoms with van der Waals surface area (Å²) in [5, 5.41) is 3.99. The molecule has 0 radical (unpaired) electrons. The van der Waals surface area contributed by atoms with E-state index in [0.29, 0.717) is 18.3 Å². The average Bonchev–Trinajstić information content (AvgIpc) is 2.91. The first-order chi connectivity index (χ1) is 12.0. The molecule has 136 valence electrons. The largest absolute Gasteiger partial charge is 0.374 e. The molecule has 0 N–H and O–H groups in total. The molecule has 0 spiro atoms. The Morgan fingerprint density at radius 3 is 2.76 bits per heavy atom. The molecule has 1 fully saturated rings. The van der Waals surface area contributed by atoms with Crippen LogP contribution in [0.5, 0.6) is 0 Å². The first kappa shape index (κ1) is 17.8. The number of hydrogen-bond acceptors (Lipinski definition) is 8. The van der Waals surface area contributed by atoms with Gasteiger partial charge in [-0.2, -0.15) is 4.98 Å². The lowest BCUT2D eigenvalue weighted by Crippen LogP contribution is -2.31. The molecule has 3 heterocycles. The van der Waals surface area contributed by atoms with Crippen molar-refractivity contribution in [2.45, 2.75) is 39.8 Å². The fraction of sp³-hybridized carbons (Fsp3) is 0.647. The first-order valence-electron chi connectivity index (χ1n) is 8.70. The molecule has 1 saturated heterocycles. The van der Waals surface area contributed by atoms with Crippen LogP contribution in [0.4, 0.5) is 5.82 Å². The van der Waals surface area contributed by atoms with Crippen LogP contribution in [0.3, 0.4) is 0 Å². The van der Waals surface area contributed by atoms with Gasteiger partial charge in [-0.1, -0.05) is 5.16 Å². The molecule has 0 aliphatic carbocycles. The van der Waals surface area contributed by atoms with Gasteiger partial charge in [-0.25, -0.2) is 9.97 Å². The van der Waals surface area contributed by atoms with Crippen molar-refractivity contribution in [2.75, 3.05) is 38.2 Å². The van der Waals surface area contributed by atoms with Crippen molar-refractivity contribution >= 4 is 5.82 Å². The van der Waals surface area contributed by atoms with Crippen LogP contribution >= 0.6 is 0 Å². The minimum Gasteiger partial charge on any atom is -0.374 e. The monoisotopic (exact) mass is 346 g/mol. The van der Waals surface area contributed by atoms with Gasteiger partial charge in [-0.15, -0.1) is 0 Å². The second-order valence-corrected chi connectivity index (χ2v) is 6.46. The summed E-state index contributed by atoms with van der Waals surface area (Å²) in [6.45, 7) is 10.4. The molecule has 0 unspecified atom stereocenters. The van der Waals surface area contributed by atoms with Gasteiger partial charge >= 0.3 is 0 Å². The number of aryl methyl sites for hydroxylation is 2. The van der Waals surface area contributed by atoms with Crippen LogP contribution in [0, 0.1) is 13.8 Å². The predicted octanol–water partition coefficient (Wildman–Crippen LogP) is 1.90. The summed E-state index contributed by atoms with van der Waals surface area (Å²) < 4.78 is 10.6. The Bertz CT molecular complexity index is 684. The van der Waals surface area contributed by atoms with E-state index in [-0.39, 0.29) is 6.10 Å². The van der Waals surface area contributed by atoms with Gasteiger partial charge in [0.2, 0.25) is 5.89 Å². The van der Waals surface area contributed by atoms with E-state index < -0.39 is 0 Å². The van der Waals surface area contributed by atoms with Crippen LogP contribution in [0.25, 0.3) is 0 Å². The number of hydrogen-bond donors (Lipinski definition) is 0. The van der Waals surface area contributed by atoms with E-state index >= 15 is 0 Å². The average molecular weight is 346 g/mol. The zero-order valence-electron chi connectivity index (χ0n) is 15.4. The van der Waals surface area contributed by atoms with Crippen molar-refractivity contribution in [3.63, 3.8) is 0 Å². The maximum Gasteiger partial charge on any atom is 0.240 e. The molecule has 0 amide bonds. The zero-order chi connectivity index (χ0) is 17.8. The normalized spacial score (nSPS) is 17.5. The molecule has 0 bridgehead atoms. The van der Waals surface area contributed by atoms with E-state index in [9.17, 15) is 0 Å².